The third-order valence-corrected chi connectivity index (χ3v) is 3.04. The molecule has 0 unspecified atom stereocenters. The van der Waals surface area contributed by atoms with Gasteiger partial charge in [-0.15, -0.1) is 0 Å². The first-order valence-electron chi connectivity index (χ1n) is 5.03. The summed E-state index contributed by atoms with van der Waals surface area (Å²) in [7, 11) is 0. The lowest BCUT2D eigenvalue weighted by Gasteiger charge is -2.06. The molecule has 1 aromatic rings. The molecule has 0 radical (unpaired) electrons. The number of carboxylic acids is 1. The maximum atomic E-state index is 12.0. The van der Waals surface area contributed by atoms with Gasteiger partial charge >= 0.3 is 5.97 Å². The fourth-order valence-electron chi connectivity index (χ4n) is 1.38. The van der Waals surface area contributed by atoms with E-state index in [4.69, 9.17) is 28.3 Å². The highest BCUT2D eigenvalue weighted by atomic mass is 35.5. The number of aliphatic hydroxyl groups is 1. The number of allylic oxidation sites excluding steroid dienone is 1. The minimum atomic E-state index is -1.54. The molecule has 18 heavy (non-hydrogen) atoms. The number of Topliss-reactive ketones (excluding diaryl/α,β-unsaturated/α-hetero) is 1. The zero-order valence-electron chi connectivity index (χ0n) is 9.41. The van der Waals surface area contributed by atoms with E-state index in [2.05, 4.69) is 0 Å². The highest BCUT2D eigenvalue weighted by Gasteiger charge is 2.20. The zero-order valence-corrected chi connectivity index (χ0v) is 10.9. The molecule has 0 fully saturated rings. The Morgan fingerprint density at radius 1 is 1.17 bits per heavy atom. The molecule has 0 aliphatic rings. The van der Waals surface area contributed by atoms with Crippen LogP contribution < -0.4 is 0 Å². The number of halogens is 2. The second-order valence-electron chi connectivity index (χ2n) is 3.44. The van der Waals surface area contributed by atoms with Gasteiger partial charge < -0.3 is 10.2 Å². The molecule has 0 spiro atoms. The Morgan fingerprint density at radius 3 is 2.22 bits per heavy atom. The summed E-state index contributed by atoms with van der Waals surface area (Å²) >= 11 is 11.5. The molecule has 0 heterocycles. The zero-order chi connectivity index (χ0) is 13.9. The van der Waals surface area contributed by atoms with Crippen LogP contribution in [-0.4, -0.2) is 22.0 Å². The van der Waals surface area contributed by atoms with Crippen LogP contribution >= 0.6 is 23.2 Å². The Hall–Kier alpha value is -1.52. The van der Waals surface area contributed by atoms with Crippen LogP contribution in [0.1, 0.15) is 23.7 Å². The summed E-state index contributed by atoms with van der Waals surface area (Å²) in [5, 5.41) is 18.5. The monoisotopic (exact) mass is 288 g/mol. The van der Waals surface area contributed by atoms with Gasteiger partial charge in [-0.25, -0.2) is 4.79 Å². The van der Waals surface area contributed by atoms with E-state index in [0.717, 1.165) is 0 Å². The van der Waals surface area contributed by atoms with E-state index >= 15 is 0 Å². The van der Waals surface area contributed by atoms with Crippen LogP contribution in [0.4, 0.5) is 0 Å². The first kappa shape index (κ1) is 14.5. The molecule has 1 aromatic carbocycles. The van der Waals surface area contributed by atoms with Crippen molar-refractivity contribution < 1.29 is 19.8 Å². The Labute approximate surface area is 113 Å². The molecule has 0 atom stereocenters. The van der Waals surface area contributed by atoms with E-state index in [9.17, 15) is 14.7 Å². The van der Waals surface area contributed by atoms with E-state index in [0.29, 0.717) is 0 Å². The van der Waals surface area contributed by atoms with Crippen molar-refractivity contribution in [2.75, 3.05) is 0 Å². The van der Waals surface area contributed by atoms with Crippen molar-refractivity contribution in [2.24, 2.45) is 0 Å². The van der Waals surface area contributed by atoms with Crippen LogP contribution in [0.25, 0.3) is 0 Å². The topological polar surface area (TPSA) is 74.6 Å². The summed E-state index contributed by atoms with van der Waals surface area (Å²) in [5.74, 6) is -3.08. The number of ketones is 1. The Balaban J connectivity index is 3.24. The largest absolute Gasteiger partial charge is 0.502 e. The lowest BCUT2D eigenvalue weighted by molar-refractivity contribution is -0.135. The second kappa shape index (κ2) is 5.89. The van der Waals surface area contributed by atoms with Crippen molar-refractivity contribution in [2.45, 2.75) is 13.3 Å². The van der Waals surface area contributed by atoms with E-state index in [1.807, 2.05) is 0 Å². The number of hydrogen-bond donors (Lipinski definition) is 2. The molecule has 1 rings (SSSR count). The van der Waals surface area contributed by atoms with E-state index in [-0.39, 0.29) is 27.6 Å². The fourth-order valence-corrected chi connectivity index (χ4v) is 1.67. The third kappa shape index (κ3) is 3.03. The van der Waals surface area contributed by atoms with Gasteiger partial charge in [-0.1, -0.05) is 30.1 Å². The summed E-state index contributed by atoms with van der Waals surface area (Å²) in [4.78, 5) is 22.7. The molecule has 2 N–H and O–H groups in total. The predicted molar refractivity (Wildman–Crippen MR) is 68.4 cm³/mol. The molecule has 0 aromatic heterocycles. The van der Waals surface area contributed by atoms with Crippen LogP contribution in [-0.2, 0) is 4.79 Å². The van der Waals surface area contributed by atoms with Gasteiger partial charge in [0.15, 0.2) is 5.78 Å². The van der Waals surface area contributed by atoms with Gasteiger partial charge in [-0.3, -0.25) is 4.79 Å². The molecular formula is C12H10Cl2O4. The molecular weight excluding hydrogens is 279 g/mol. The van der Waals surface area contributed by atoms with Crippen LogP contribution in [0, 0.1) is 0 Å². The lowest BCUT2D eigenvalue weighted by Crippen LogP contribution is -2.11. The van der Waals surface area contributed by atoms with Gasteiger partial charge in [-0.2, -0.15) is 0 Å². The van der Waals surface area contributed by atoms with Gasteiger partial charge in [-0.05, 0) is 24.6 Å². The van der Waals surface area contributed by atoms with Crippen molar-refractivity contribution in [1.29, 1.82) is 0 Å². The highest BCUT2D eigenvalue weighted by molar-refractivity contribution is 6.42. The fraction of sp³-hybridized carbons (Fsp3) is 0.167. The number of carboxylic acid groups (broad SMARTS) is 1. The number of benzene rings is 1. The Kier molecular flexibility index (Phi) is 4.76. The van der Waals surface area contributed by atoms with E-state index in [1.54, 1.807) is 6.92 Å². The van der Waals surface area contributed by atoms with Crippen molar-refractivity contribution in [1.82, 2.24) is 0 Å². The predicted octanol–water partition coefficient (Wildman–Crippen LogP) is 3.48. The molecule has 0 saturated heterocycles. The quantitative estimate of drug-likeness (QED) is 0.505. The van der Waals surface area contributed by atoms with E-state index < -0.39 is 17.5 Å². The van der Waals surface area contributed by atoms with Crippen molar-refractivity contribution >= 4 is 35.0 Å². The van der Waals surface area contributed by atoms with Crippen LogP contribution in [0.3, 0.4) is 0 Å². The third-order valence-electron chi connectivity index (χ3n) is 2.30. The molecule has 0 amide bonds. The molecule has 0 saturated carbocycles. The second-order valence-corrected chi connectivity index (χ2v) is 4.26. The molecule has 96 valence electrons. The van der Waals surface area contributed by atoms with Gasteiger partial charge in [0.25, 0.3) is 0 Å². The number of hydrogen-bond acceptors (Lipinski definition) is 3. The number of carbonyl (C=O) groups excluding carboxylic acids is 1. The van der Waals surface area contributed by atoms with Crippen LogP contribution in [0.15, 0.2) is 29.5 Å². The smallest absolute Gasteiger partial charge is 0.371 e. The maximum Gasteiger partial charge on any atom is 0.371 e. The lowest BCUT2D eigenvalue weighted by atomic mass is 10.0. The van der Waals surface area contributed by atoms with Crippen molar-refractivity contribution in [3.05, 3.63) is 45.1 Å². The Bertz CT molecular complexity index is 535. The van der Waals surface area contributed by atoms with Crippen LogP contribution in [0.5, 0.6) is 0 Å². The summed E-state index contributed by atoms with van der Waals surface area (Å²) in [6, 6.07) is 4.18. The Morgan fingerprint density at radius 2 is 1.78 bits per heavy atom. The minimum absolute atomic E-state index is 0.0945. The normalized spacial score (nSPS) is 11.9. The number of rotatable bonds is 4. The van der Waals surface area contributed by atoms with Gasteiger partial charge in [0, 0.05) is 11.1 Å². The average molecular weight is 289 g/mol. The van der Waals surface area contributed by atoms with Gasteiger partial charge in [0.1, 0.15) is 0 Å². The number of carbonyl (C=O) groups is 2. The highest BCUT2D eigenvalue weighted by Crippen LogP contribution is 2.24. The number of aliphatic hydroxyl groups excluding tert-OH is 1. The first-order chi connectivity index (χ1) is 8.38. The average Bonchev–Trinajstić information content (AvgIpc) is 2.33. The summed E-state index contributed by atoms with van der Waals surface area (Å²) < 4.78 is 0. The van der Waals surface area contributed by atoms with Crippen LogP contribution in [0.2, 0.25) is 10.0 Å². The summed E-state index contributed by atoms with van der Waals surface area (Å²) in [5.41, 5.74) is -0.00469. The molecule has 0 aliphatic heterocycles. The molecule has 6 heteroatoms. The standard InChI is InChI=1S/C12H10Cl2O4/c1-2-7(11(16)12(17)18)10(15)6-3-4-8(13)9(14)5-6/h3-5,16H,2H2,1H3,(H,17,18)/b11-7-. The van der Waals surface area contributed by atoms with Crippen molar-refractivity contribution in [3.63, 3.8) is 0 Å². The molecule has 4 nitrogen and oxygen atoms in total. The molecule has 0 aliphatic carbocycles. The molecule has 0 bridgehead atoms. The SMILES string of the molecule is CC/C(C(=O)c1ccc(Cl)c(Cl)c1)=C(/O)C(=O)O. The summed E-state index contributed by atoms with van der Waals surface area (Å²) in [6.45, 7) is 1.57. The minimum Gasteiger partial charge on any atom is -0.502 e. The summed E-state index contributed by atoms with van der Waals surface area (Å²) in [6.07, 6.45) is 0.0945. The maximum absolute atomic E-state index is 12.0. The van der Waals surface area contributed by atoms with Gasteiger partial charge in [0.05, 0.1) is 10.0 Å². The van der Waals surface area contributed by atoms with Gasteiger partial charge in [0.2, 0.25) is 5.76 Å². The van der Waals surface area contributed by atoms with Crippen molar-refractivity contribution in [3.8, 4) is 0 Å². The first-order valence-corrected chi connectivity index (χ1v) is 5.79. The van der Waals surface area contributed by atoms with E-state index in [1.165, 1.54) is 18.2 Å². The number of aliphatic carboxylic acids is 1.